The number of aromatic nitrogens is 4. The minimum absolute atomic E-state index is 0.228. The number of piperidine rings is 1. The molecular formula is C20H26N6O. The molecule has 1 aliphatic rings. The summed E-state index contributed by atoms with van der Waals surface area (Å²) in [5, 5.41) is 15.6. The first-order valence-electron chi connectivity index (χ1n) is 9.66. The van der Waals surface area contributed by atoms with Crippen LogP contribution in [0.5, 0.6) is 0 Å². The molecule has 27 heavy (non-hydrogen) atoms. The number of nitrogens with zero attached hydrogens (tertiary/aromatic N) is 4. The summed E-state index contributed by atoms with van der Waals surface area (Å²) in [5.74, 6) is 0.318. The highest BCUT2D eigenvalue weighted by Crippen LogP contribution is 2.23. The molecule has 0 spiro atoms. The monoisotopic (exact) mass is 366 g/mol. The molecule has 1 atom stereocenters. The van der Waals surface area contributed by atoms with Gasteiger partial charge in [-0.25, -0.2) is 0 Å². The van der Waals surface area contributed by atoms with Crippen LogP contribution < -0.4 is 10.6 Å². The molecule has 0 bridgehead atoms. The third-order valence-electron chi connectivity index (χ3n) is 5.30. The van der Waals surface area contributed by atoms with Crippen molar-refractivity contribution in [2.75, 3.05) is 18.4 Å². The zero-order chi connectivity index (χ0) is 18.8. The zero-order valence-electron chi connectivity index (χ0n) is 15.9. The van der Waals surface area contributed by atoms with Gasteiger partial charge in [0, 0.05) is 35.4 Å². The summed E-state index contributed by atoms with van der Waals surface area (Å²) in [6, 6.07) is 8.13. The van der Waals surface area contributed by atoms with E-state index in [1.165, 1.54) is 24.1 Å². The summed E-state index contributed by atoms with van der Waals surface area (Å²) in [6.07, 6.45) is 4.11. The van der Waals surface area contributed by atoms with Crippen molar-refractivity contribution < 1.29 is 4.79 Å². The predicted octanol–water partition coefficient (Wildman–Crippen LogP) is 2.81. The molecule has 0 saturated carbocycles. The number of carbonyl (C=O) groups is 1. The first kappa shape index (κ1) is 17.7. The van der Waals surface area contributed by atoms with Crippen molar-refractivity contribution in [2.24, 2.45) is 5.92 Å². The molecule has 3 heterocycles. The summed E-state index contributed by atoms with van der Waals surface area (Å²) in [5.41, 5.74) is 3.52. The standard InChI is InChI=1S/C20H26N6O/c1-3-26-14(2)9-16-10-17(6-7-19(16)26)22-20(27)18-13-25(24-23-18)12-15-5-4-8-21-11-15/h6-7,9-10,13,15,21H,3-5,8,11-12H2,1-2H3,(H,22,27). The van der Waals surface area contributed by atoms with E-state index in [0.29, 0.717) is 11.6 Å². The van der Waals surface area contributed by atoms with Crippen LogP contribution in [0.1, 0.15) is 35.9 Å². The van der Waals surface area contributed by atoms with Gasteiger partial charge in [-0.15, -0.1) is 5.10 Å². The van der Waals surface area contributed by atoms with Crippen LogP contribution in [0.2, 0.25) is 0 Å². The second kappa shape index (κ2) is 7.52. The third kappa shape index (κ3) is 3.73. The summed E-state index contributed by atoms with van der Waals surface area (Å²) >= 11 is 0. The second-order valence-electron chi connectivity index (χ2n) is 7.30. The van der Waals surface area contributed by atoms with E-state index in [0.717, 1.165) is 37.3 Å². The Bertz CT molecular complexity index is 951. The van der Waals surface area contributed by atoms with E-state index in [4.69, 9.17) is 0 Å². The van der Waals surface area contributed by atoms with Crippen LogP contribution in [0, 0.1) is 12.8 Å². The zero-order valence-corrected chi connectivity index (χ0v) is 15.9. The van der Waals surface area contributed by atoms with E-state index in [2.05, 4.69) is 45.4 Å². The van der Waals surface area contributed by atoms with E-state index < -0.39 is 0 Å². The van der Waals surface area contributed by atoms with Gasteiger partial charge in [0.2, 0.25) is 0 Å². The molecule has 0 radical (unpaired) electrons. The Kier molecular flexibility index (Phi) is 4.94. The van der Waals surface area contributed by atoms with Gasteiger partial charge in [0.1, 0.15) is 0 Å². The molecule has 1 aromatic carbocycles. The Balaban J connectivity index is 1.45. The van der Waals surface area contributed by atoms with Crippen molar-refractivity contribution >= 4 is 22.5 Å². The van der Waals surface area contributed by atoms with Gasteiger partial charge in [0.05, 0.1) is 6.20 Å². The van der Waals surface area contributed by atoms with E-state index in [1.807, 2.05) is 18.2 Å². The van der Waals surface area contributed by atoms with Gasteiger partial charge >= 0.3 is 0 Å². The van der Waals surface area contributed by atoms with Crippen LogP contribution in [0.25, 0.3) is 10.9 Å². The summed E-state index contributed by atoms with van der Waals surface area (Å²) in [4.78, 5) is 12.5. The number of amides is 1. The van der Waals surface area contributed by atoms with E-state index >= 15 is 0 Å². The maximum atomic E-state index is 12.5. The van der Waals surface area contributed by atoms with Crippen LogP contribution >= 0.6 is 0 Å². The Morgan fingerprint density at radius 3 is 3.04 bits per heavy atom. The van der Waals surface area contributed by atoms with Gasteiger partial charge < -0.3 is 15.2 Å². The van der Waals surface area contributed by atoms with Gasteiger partial charge in [0.25, 0.3) is 5.91 Å². The molecule has 0 aliphatic carbocycles. The minimum atomic E-state index is -0.228. The molecular weight excluding hydrogens is 340 g/mol. The van der Waals surface area contributed by atoms with Gasteiger partial charge in [-0.2, -0.15) is 0 Å². The average Bonchev–Trinajstić information content (AvgIpc) is 3.25. The van der Waals surface area contributed by atoms with Crippen LogP contribution in [-0.4, -0.2) is 38.6 Å². The molecule has 7 heteroatoms. The summed E-state index contributed by atoms with van der Waals surface area (Å²) in [7, 11) is 0. The fraction of sp³-hybridized carbons (Fsp3) is 0.450. The SMILES string of the molecule is CCn1c(C)cc2cc(NC(=O)c3cn(CC4CCCNC4)nn3)ccc21. The fourth-order valence-corrected chi connectivity index (χ4v) is 3.94. The van der Waals surface area contributed by atoms with E-state index in [1.54, 1.807) is 10.9 Å². The number of anilines is 1. The molecule has 1 aliphatic heterocycles. The van der Waals surface area contributed by atoms with E-state index in [9.17, 15) is 4.79 Å². The fourth-order valence-electron chi connectivity index (χ4n) is 3.94. The lowest BCUT2D eigenvalue weighted by Crippen LogP contribution is -2.32. The van der Waals surface area contributed by atoms with E-state index in [-0.39, 0.29) is 5.91 Å². The molecule has 2 N–H and O–H groups in total. The van der Waals surface area contributed by atoms with Crippen molar-refractivity contribution in [3.8, 4) is 0 Å². The first-order valence-corrected chi connectivity index (χ1v) is 9.66. The highest BCUT2D eigenvalue weighted by atomic mass is 16.2. The van der Waals surface area contributed by atoms with Crippen molar-refractivity contribution in [3.05, 3.63) is 41.9 Å². The van der Waals surface area contributed by atoms with Crippen molar-refractivity contribution in [1.82, 2.24) is 24.9 Å². The largest absolute Gasteiger partial charge is 0.345 e. The number of benzene rings is 1. The topological polar surface area (TPSA) is 76.8 Å². The van der Waals surface area contributed by atoms with Gasteiger partial charge in [-0.3, -0.25) is 9.48 Å². The average molecular weight is 366 g/mol. The van der Waals surface area contributed by atoms with Crippen LogP contribution in [0.3, 0.4) is 0 Å². The molecule has 7 nitrogen and oxygen atoms in total. The molecule has 1 unspecified atom stereocenters. The maximum absolute atomic E-state index is 12.5. The molecule has 4 rings (SSSR count). The number of carbonyl (C=O) groups excluding carboxylic acids is 1. The van der Waals surface area contributed by atoms with Crippen LogP contribution in [0.4, 0.5) is 5.69 Å². The molecule has 1 amide bonds. The molecule has 2 aromatic heterocycles. The molecule has 3 aromatic rings. The van der Waals surface area contributed by atoms with Crippen molar-refractivity contribution in [3.63, 3.8) is 0 Å². The highest BCUT2D eigenvalue weighted by Gasteiger charge is 2.17. The number of hydrogen-bond donors (Lipinski definition) is 2. The Labute approximate surface area is 158 Å². The summed E-state index contributed by atoms with van der Waals surface area (Å²) in [6.45, 7) is 8.05. The number of hydrogen-bond acceptors (Lipinski definition) is 4. The minimum Gasteiger partial charge on any atom is -0.345 e. The first-order chi connectivity index (χ1) is 13.1. The number of nitrogens with one attached hydrogen (secondary N) is 2. The normalized spacial score (nSPS) is 17.3. The molecule has 1 saturated heterocycles. The maximum Gasteiger partial charge on any atom is 0.277 e. The Morgan fingerprint density at radius 1 is 1.37 bits per heavy atom. The Hall–Kier alpha value is -2.67. The second-order valence-corrected chi connectivity index (χ2v) is 7.30. The number of fused-ring (bicyclic) bond motifs is 1. The van der Waals surface area contributed by atoms with Crippen LogP contribution in [0.15, 0.2) is 30.5 Å². The predicted molar refractivity (Wildman–Crippen MR) is 106 cm³/mol. The van der Waals surface area contributed by atoms with Gasteiger partial charge in [0.15, 0.2) is 5.69 Å². The lowest BCUT2D eigenvalue weighted by Gasteiger charge is -2.22. The highest BCUT2D eigenvalue weighted by molar-refractivity contribution is 6.03. The van der Waals surface area contributed by atoms with Crippen molar-refractivity contribution in [1.29, 1.82) is 0 Å². The van der Waals surface area contributed by atoms with Crippen LogP contribution in [-0.2, 0) is 13.1 Å². The lowest BCUT2D eigenvalue weighted by atomic mass is 10.00. The molecule has 1 fully saturated rings. The summed E-state index contributed by atoms with van der Waals surface area (Å²) < 4.78 is 4.03. The smallest absolute Gasteiger partial charge is 0.277 e. The Morgan fingerprint density at radius 2 is 2.26 bits per heavy atom. The lowest BCUT2D eigenvalue weighted by molar-refractivity contribution is 0.102. The number of aryl methyl sites for hydroxylation is 2. The quantitative estimate of drug-likeness (QED) is 0.728. The number of rotatable bonds is 5. The molecule has 142 valence electrons. The van der Waals surface area contributed by atoms with Crippen molar-refractivity contribution in [2.45, 2.75) is 39.8 Å². The third-order valence-corrected chi connectivity index (χ3v) is 5.30. The van der Waals surface area contributed by atoms with Gasteiger partial charge in [-0.05, 0) is 70.0 Å². The van der Waals surface area contributed by atoms with Gasteiger partial charge in [-0.1, -0.05) is 5.21 Å².